The first-order valence-electron chi connectivity index (χ1n) is 16.1. The van der Waals surface area contributed by atoms with Crippen LogP contribution in [0.2, 0.25) is 5.02 Å². The van der Waals surface area contributed by atoms with E-state index in [-0.39, 0.29) is 32.3 Å². The summed E-state index contributed by atoms with van der Waals surface area (Å²) < 4.78 is 45.6. The van der Waals surface area contributed by atoms with Crippen molar-refractivity contribution in [1.82, 2.24) is 0 Å². The van der Waals surface area contributed by atoms with E-state index in [1.54, 1.807) is 48.5 Å². The summed E-state index contributed by atoms with van der Waals surface area (Å²) in [6, 6.07) is 20.9. The summed E-state index contributed by atoms with van der Waals surface area (Å²) in [5, 5.41) is 3.27. The van der Waals surface area contributed by atoms with Crippen LogP contribution in [0.5, 0.6) is 34.5 Å². The first kappa shape index (κ1) is 33.9. The Bertz CT molecular complexity index is 1960. The van der Waals surface area contributed by atoms with Crippen LogP contribution in [0.3, 0.4) is 0 Å². The van der Waals surface area contributed by atoms with Crippen molar-refractivity contribution in [3.05, 3.63) is 100 Å². The highest BCUT2D eigenvalue weighted by Crippen LogP contribution is 2.56. The molecule has 4 aromatic rings. The number of nitrogens with one attached hydrogen (secondary N) is 1. The first-order valence-corrected chi connectivity index (χ1v) is 16.5. The summed E-state index contributed by atoms with van der Waals surface area (Å²) in [6.07, 6.45) is -0.861. The summed E-state index contributed by atoms with van der Waals surface area (Å²) in [5.41, 5.74) is 3.34. The van der Waals surface area contributed by atoms with Gasteiger partial charge in [0, 0.05) is 28.1 Å². The van der Waals surface area contributed by atoms with E-state index < -0.39 is 35.8 Å². The Morgan fingerprint density at radius 2 is 1.57 bits per heavy atom. The monoisotopic (exact) mass is 715 g/mol. The average Bonchev–Trinajstić information content (AvgIpc) is 3.76. The maximum atomic E-state index is 13.5. The van der Waals surface area contributed by atoms with Crippen LogP contribution in [-0.2, 0) is 30.3 Å². The van der Waals surface area contributed by atoms with E-state index in [0.29, 0.717) is 56.3 Å². The second kappa shape index (κ2) is 14.3. The molecule has 2 aliphatic heterocycles. The van der Waals surface area contributed by atoms with Gasteiger partial charge in [-0.05, 0) is 71.3 Å². The first-order chi connectivity index (χ1) is 24.8. The fourth-order valence-corrected chi connectivity index (χ4v) is 7.08. The molecule has 3 aliphatic rings. The van der Waals surface area contributed by atoms with Crippen LogP contribution in [0.25, 0.3) is 0 Å². The van der Waals surface area contributed by atoms with Crippen LogP contribution in [0.4, 0.5) is 5.69 Å². The maximum absolute atomic E-state index is 13.5. The van der Waals surface area contributed by atoms with Crippen molar-refractivity contribution < 1.29 is 52.3 Å². The van der Waals surface area contributed by atoms with Gasteiger partial charge in [0.15, 0.2) is 29.6 Å². The fourth-order valence-electron chi connectivity index (χ4n) is 6.90. The number of hydrogen-bond donors (Lipinski definition) is 1. The van der Waals surface area contributed by atoms with Crippen LogP contribution in [0, 0.1) is 11.8 Å². The molecular formula is C38H34ClNO11. The lowest BCUT2D eigenvalue weighted by atomic mass is 9.66. The SMILES string of the molecule is COc1cc([C@@H]2c3cc4c(cc3C(OC(=O)Cc3ccc(NC(=O)COc5cccc(Cl)c5)cc3)[C@H]3COC(=O)[C@H]23)OCO4)cc(OC)c1OC. The zero-order valence-corrected chi connectivity index (χ0v) is 28.7. The van der Waals surface area contributed by atoms with Gasteiger partial charge in [-0.3, -0.25) is 14.4 Å². The van der Waals surface area contributed by atoms with Crippen molar-refractivity contribution in [3.63, 3.8) is 0 Å². The predicted octanol–water partition coefficient (Wildman–Crippen LogP) is 5.87. The molecule has 7 rings (SSSR count). The van der Waals surface area contributed by atoms with E-state index in [1.165, 1.54) is 21.3 Å². The summed E-state index contributed by atoms with van der Waals surface area (Å²) in [4.78, 5) is 39.5. The van der Waals surface area contributed by atoms with Gasteiger partial charge in [-0.2, -0.15) is 0 Å². The van der Waals surface area contributed by atoms with E-state index in [0.717, 1.165) is 11.1 Å². The zero-order valence-electron chi connectivity index (χ0n) is 27.9. The molecule has 1 aliphatic carbocycles. The number of carbonyl (C=O) groups excluding carboxylic acids is 3. The normalized spacial score (nSPS) is 19.6. The molecule has 4 aromatic carbocycles. The minimum atomic E-state index is -0.810. The number of halogens is 1. The van der Waals surface area contributed by atoms with Gasteiger partial charge < -0.3 is 43.2 Å². The molecule has 0 saturated carbocycles. The van der Waals surface area contributed by atoms with Gasteiger partial charge in [0.25, 0.3) is 5.91 Å². The summed E-state index contributed by atoms with van der Waals surface area (Å²) in [6.45, 7) is -0.101. The van der Waals surface area contributed by atoms with Crippen LogP contribution < -0.4 is 33.7 Å². The van der Waals surface area contributed by atoms with Crippen molar-refractivity contribution in [2.45, 2.75) is 18.4 Å². The molecule has 1 N–H and O–H groups in total. The van der Waals surface area contributed by atoms with Crippen LogP contribution >= 0.6 is 11.6 Å². The van der Waals surface area contributed by atoms with E-state index in [9.17, 15) is 14.4 Å². The highest BCUT2D eigenvalue weighted by atomic mass is 35.5. The smallest absolute Gasteiger partial charge is 0.310 e. The number of anilines is 1. The van der Waals surface area contributed by atoms with Gasteiger partial charge in [0.2, 0.25) is 12.5 Å². The number of fused-ring (bicyclic) bond motifs is 3. The Hall–Kier alpha value is -5.62. The molecule has 0 spiro atoms. The topological polar surface area (TPSA) is 137 Å². The third-order valence-electron chi connectivity index (χ3n) is 9.18. The van der Waals surface area contributed by atoms with Crippen LogP contribution in [0.1, 0.15) is 34.3 Å². The van der Waals surface area contributed by atoms with Crippen LogP contribution in [-0.4, -0.2) is 59.2 Å². The molecule has 1 fully saturated rings. The van der Waals surface area contributed by atoms with E-state index in [2.05, 4.69) is 5.32 Å². The molecule has 2 heterocycles. The highest BCUT2D eigenvalue weighted by molar-refractivity contribution is 6.30. The van der Waals surface area contributed by atoms with Gasteiger partial charge in [0.05, 0.1) is 40.3 Å². The lowest BCUT2D eigenvalue weighted by molar-refractivity contribution is -0.153. The second-order valence-corrected chi connectivity index (χ2v) is 12.6. The molecule has 1 saturated heterocycles. The average molecular weight is 716 g/mol. The Morgan fingerprint density at radius 1 is 0.863 bits per heavy atom. The fraction of sp³-hybridized carbons (Fsp3) is 0.289. The Labute approximate surface area is 298 Å². The lowest BCUT2D eigenvalue weighted by Gasteiger charge is -2.38. The van der Waals surface area contributed by atoms with Crippen molar-refractivity contribution in [2.24, 2.45) is 11.8 Å². The summed E-state index contributed by atoms with van der Waals surface area (Å²) >= 11 is 5.97. The standard InChI is InChI=1S/C38H34ClNO11/c1-44-30-12-21(13-31(45-2)37(30)46-3)34-25-15-28-29(50-19-49-28)16-26(25)36(27-17-48-38(43)35(27)34)51-33(42)11-20-7-9-23(10-8-20)40-32(41)18-47-24-6-4-5-22(39)14-24/h4-10,12-16,27,34-36H,11,17-19H2,1-3H3,(H,40,41)/t27-,34+,35-,36?/m0/s1. The largest absolute Gasteiger partial charge is 0.493 e. The molecular weight excluding hydrogens is 682 g/mol. The minimum absolute atomic E-state index is 0.0395. The molecule has 1 amide bonds. The molecule has 0 aromatic heterocycles. The number of ether oxygens (including phenoxy) is 8. The van der Waals surface area contributed by atoms with Crippen molar-refractivity contribution >= 4 is 35.1 Å². The highest BCUT2D eigenvalue weighted by Gasteiger charge is 2.54. The number of carbonyl (C=O) groups is 3. The number of rotatable bonds is 11. The second-order valence-electron chi connectivity index (χ2n) is 12.2. The summed E-state index contributed by atoms with van der Waals surface area (Å²) in [5.74, 6) is -0.169. The Kier molecular flexibility index (Phi) is 9.50. The van der Waals surface area contributed by atoms with Crippen molar-refractivity contribution in [1.29, 1.82) is 0 Å². The van der Waals surface area contributed by atoms with Gasteiger partial charge in [-0.1, -0.05) is 29.8 Å². The predicted molar refractivity (Wildman–Crippen MR) is 183 cm³/mol. The molecule has 264 valence electrons. The number of methoxy groups -OCH3 is 3. The third kappa shape index (κ3) is 6.79. The van der Waals surface area contributed by atoms with Crippen LogP contribution in [0.15, 0.2) is 72.8 Å². The number of cyclic esters (lactones) is 1. The minimum Gasteiger partial charge on any atom is -0.493 e. The van der Waals surface area contributed by atoms with Gasteiger partial charge >= 0.3 is 11.9 Å². The maximum Gasteiger partial charge on any atom is 0.310 e. The molecule has 0 radical (unpaired) electrons. The Balaban J connectivity index is 1.11. The third-order valence-corrected chi connectivity index (χ3v) is 9.41. The number of esters is 2. The summed E-state index contributed by atoms with van der Waals surface area (Å²) in [7, 11) is 4.57. The van der Waals surface area contributed by atoms with Gasteiger partial charge in [-0.25, -0.2) is 0 Å². The number of benzene rings is 4. The van der Waals surface area contributed by atoms with E-state index >= 15 is 0 Å². The number of amides is 1. The van der Waals surface area contributed by atoms with E-state index in [1.807, 2.05) is 24.3 Å². The lowest BCUT2D eigenvalue weighted by Crippen LogP contribution is -2.36. The zero-order chi connectivity index (χ0) is 35.6. The van der Waals surface area contributed by atoms with Gasteiger partial charge in [0.1, 0.15) is 11.9 Å². The Morgan fingerprint density at radius 3 is 2.24 bits per heavy atom. The van der Waals surface area contributed by atoms with Crippen molar-refractivity contribution in [3.8, 4) is 34.5 Å². The molecule has 13 heteroatoms. The molecule has 1 unspecified atom stereocenters. The van der Waals surface area contributed by atoms with E-state index in [4.69, 9.17) is 49.5 Å². The quantitative estimate of drug-likeness (QED) is 0.187. The molecule has 0 bridgehead atoms. The molecule has 4 atom stereocenters. The molecule has 12 nitrogen and oxygen atoms in total. The number of hydrogen-bond acceptors (Lipinski definition) is 11. The van der Waals surface area contributed by atoms with Gasteiger partial charge in [-0.15, -0.1) is 0 Å². The van der Waals surface area contributed by atoms with Crippen molar-refractivity contribution in [2.75, 3.05) is 46.7 Å². The molecule has 51 heavy (non-hydrogen) atoms.